The molecular formula is C15H15F3N2. The molecule has 0 bridgehead atoms. The maximum absolute atomic E-state index is 12.9. The molecule has 2 rings (SSSR count). The molecule has 0 fully saturated rings. The largest absolute Gasteiger partial charge is 0.418 e. The first-order valence-corrected chi connectivity index (χ1v) is 6.34. The fourth-order valence-corrected chi connectivity index (χ4v) is 2.00. The summed E-state index contributed by atoms with van der Waals surface area (Å²) in [6.45, 7) is 0.597. The standard InChI is InChI=1S/C15H15F3N2/c16-15(17,18)13-4-2-10-20-14(13)12-7-5-11(6-8-12)3-1-9-19/h2,4-8,10H,1,3,9,19H2. The summed E-state index contributed by atoms with van der Waals surface area (Å²) >= 11 is 0. The zero-order valence-corrected chi connectivity index (χ0v) is 10.8. The molecule has 5 heteroatoms. The van der Waals surface area contributed by atoms with Crippen LogP contribution in [0.25, 0.3) is 11.3 Å². The summed E-state index contributed by atoms with van der Waals surface area (Å²) in [7, 11) is 0. The van der Waals surface area contributed by atoms with Crippen molar-refractivity contribution in [2.75, 3.05) is 6.54 Å². The number of aryl methyl sites for hydroxylation is 1. The van der Waals surface area contributed by atoms with Crippen molar-refractivity contribution in [1.29, 1.82) is 0 Å². The molecule has 2 nitrogen and oxygen atoms in total. The highest BCUT2D eigenvalue weighted by molar-refractivity contribution is 5.63. The van der Waals surface area contributed by atoms with Gasteiger partial charge in [0, 0.05) is 11.8 Å². The van der Waals surface area contributed by atoms with E-state index >= 15 is 0 Å². The first-order chi connectivity index (χ1) is 9.52. The molecule has 2 aromatic rings. The van der Waals surface area contributed by atoms with Crippen LogP contribution in [0.15, 0.2) is 42.6 Å². The van der Waals surface area contributed by atoms with Crippen LogP contribution in [0.1, 0.15) is 17.5 Å². The van der Waals surface area contributed by atoms with Crippen LogP contribution in [0, 0.1) is 0 Å². The third-order valence-electron chi connectivity index (χ3n) is 3.01. The Kier molecular flexibility index (Phi) is 4.39. The lowest BCUT2D eigenvalue weighted by molar-refractivity contribution is -0.137. The first-order valence-electron chi connectivity index (χ1n) is 6.34. The Hall–Kier alpha value is -1.88. The van der Waals surface area contributed by atoms with Gasteiger partial charge in [-0.05, 0) is 37.1 Å². The number of hydrogen-bond donors (Lipinski definition) is 1. The summed E-state index contributed by atoms with van der Waals surface area (Å²) in [5, 5.41) is 0. The van der Waals surface area contributed by atoms with Gasteiger partial charge in [0.15, 0.2) is 0 Å². The van der Waals surface area contributed by atoms with E-state index in [9.17, 15) is 13.2 Å². The lowest BCUT2D eigenvalue weighted by Crippen LogP contribution is -2.08. The average Bonchev–Trinajstić information content (AvgIpc) is 2.45. The number of benzene rings is 1. The summed E-state index contributed by atoms with van der Waals surface area (Å²) in [4.78, 5) is 3.87. The van der Waals surface area contributed by atoms with Crippen LogP contribution in [-0.2, 0) is 12.6 Å². The van der Waals surface area contributed by atoms with E-state index in [0.29, 0.717) is 12.1 Å². The molecule has 106 valence electrons. The fourth-order valence-electron chi connectivity index (χ4n) is 2.00. The van der Waals surface area contributed by atoms with Crippen LogP contribution in [0.5, 0.6) is 0 Å². The number of pyridine rings is 1. The Labute approximate surface area is 115 Å². The van der Waals surface area contributed by atoms with E-state index in [4.69, 9.17) is 5.73 Å². The van der Waals surface area contributed by atoms with Gasteiger partial charge in [0.05, 0.1) is 11.3 Å². The van der Waals surface area contributed by atoms with Gasteiger partial charge < -0.3 is 5.73 Å². The molecule has 0 spiro atoms. The third kappa shape index (κ3) is 3.36. The molecule has 0 saturated carbocycles. The van der Waals surface area contributed by atoms with Crippen molar-refractivity contribution < 1.29 is 13.2 Å². The second-order valence-electron chi connectivity index (χ2n) is 4.49. The second-order valence-corrected chi connectivity index (χ2v) is 4.49. The number of rotatable bonds is 4. The maximum atomic E-state index is 12.9. The monoisotopic (exact) mass is 280 g/mol. The van der Waals surface area contributed by atoms with E-state index < -0.39 is 11.7 Å². The molecule has 0 unspecified atom stereocenters. The Bertz CT molecular complexity index is 562. The van der Waals surface area contributed by atoms with Gasteiger partial charge in [0.2, 0.25) is 0 Å². The van der Waals surface area contributed by atoms with Crippen molar-refractivity contribution in [3.05, 3.63) is 53.7 Å². The van der Waals surface area contributed by atoms with Crippen molar-refractivity contribution in [2.45, 2.75) is 19.0 Å². The van der Waals surface area contributed by atoms with Crippen LogP contribution in [0.2, 0.25) is 0 Å². The van der Waals surface area contributed by atoms with Gasteiger partial charge in [0.1, 0.15) is 0 Å². The Morgan fingerprint density at radius 2 is 1.75 bits per heavy atom. The number of nitrogens with two attached hydrogens (primary N) is 1. The van der Waals surface area contributed by atoms with Crippen molar-refractivity contribution >= 4 is 0 Å². The molecule has 1 heterocycles. The SMILES string of the molecule is NCCCc1ccc(-c2ncccc2C(F)(F)F)cc1. The number of nitrogens with zero attached hydrogens (tertiary/aromatic N) is 1. The zero-order valence-electron chi connectivity index (χ0n) is 10.8. The topological polar surface area (TPSA) is 38.9 Å². The minimum Gasteiger partial charge on any atom is -0.330 e. The molecule has 1 aromatic heterocycles. The van der Waals surface area contributed by atoms with Gasteiger partial charge in [-0.15, -0.1) is 0 Å². The summed E-state index contributed by atoms with van der Waals surface area (Å²) in [6, 6.07) is 9.32. The lowest BCUT2D eigenvalue weighted by atomic mass is 10.0. The van der Waals surface area contributed by atoms with E-state index in [-0.39, 0.29) is 5.69 Å². The number of aromatic nitrogens is 1. The Balaban J connectivity index is 2.33. The van der Waals surface area contributed by atoms with Crippen molar-refractivity contribution in [3.63, 3.8) is 0 Å². The van der Waals surface area contributed by atoms with Gasteiger partial charge in [-0.3, -0.25) is 4.98 Å². The van der Waals surface area contributed by atoms with Crippen LogP contribution in [-0.4, -0.2) is 11.5 Å². The fraction of sp³-hybridized carbons (Fsp3) is 0.267. The van der Waals surface area contributed by atoms with Gasteiger partial charge >= 0.3 is 6.18 Å². The van der Waals surface area contributed by atoms with Crippen molar-refractivity contribution in [3.8, 4) is 11.3 Å². The quantitative estimate of drug-likeness (QED) is 0.928. The molecular weight excluding hydrogens is 265 g/mol. The minimum atomic E-state index is -4.40. The van der Waals surface area contributed by atoms with Crippen molar-refractivity contribution in [1.82, 2.24) is 4.98 Å². The second kappa shape index (κ2) is 6.05. The Morgan fingerprint density at radius 1 is 1.05 bits per heavy atom. The van der Waals surface area contributed by atoms with E-state index in [2.05, 4.69) is 4.98 Å². The van der Waals surface area contributed by atoms with Crippen LogP contribution in [0.4, 0.5) is 13.2 Å². The van der Waals surface area contributed by atoms with Gasteiger partial charge in [-0.2, -0.15) is 13.2 Å². The first kappa shape index (κ1) is 14.5. The molecule has 20 heavy (non-hydrogen) atoms. The zero-order chi connectivity index (χ0) is 14.6. The summed E-state index contributed by atoms with van der Waals surface area (Å²) in [5.41, 5.74) is 6.21. The highest BCUT2D eigenvalue weighted by Crippen LogP contribution is 2.35. The minimum absolute atomic E-state index is 0.0367. The molecule has 0 atom stereocenters. The highest BCUT2D eigenvalue weighted by Gasteiger charge is 2.34. The number of alkyl halides is 3. The molecule has 0 aliphatic heterocycles. The molecule has 0 amide bonds. The van der Waals surface area contributed by atoms with E-state index in [1.807, 2.05) is 12.1 Å². The molecule has 0 saturated heterocycles. The van der Waals surface area contributed by atoms with Gasteiger partial charge in [-0.1, -0.05) is 24.3 Å². The normalized spacial score (nSPS) is 11.6. The predicted molar refractivity (Wildman–Crippen MR) is 72.1 cm³/mol. The molecule has 0 aliphatic rings. The summed E-state index contributed by atoms with van der Waals surface area (Å²) in [5.74, 6) is 0. The van der Waals surface area contributed by atoms with Crippen LogP contribution < -0.4 is 5.73 Å². The van der Waals surface area contributed by atoms with E-state index in [1.165, 1.54) is 12.3 Å². The van der Waals surface area contributed by atoms with Crippen LogP contribution in [0.3, 0.4) is 0 Å². The van der Waals surface area contributed by atoms with E-state index in [0.717, 1.165) is 24.5 Å². The number of halogens is 3. The van der Waals surface area contributed by atoms with Crippen molar-refractivity contribution in [2.24, 2.45) is 5.73 Å². The maximum Gasteiger partial charge on any atom is 0.418 e. The molecule has 0 aliphatic carbocycles. The molecule has 0 radical (unpaired) electrons. The van der Waals surface area contributed by atoms with Gasteiger partial charge in [-0.25, -0.2) is 0 Å². The van der Waals surface area contributed by atoms with Gasteiger partial charge in [0.25, 0.3) is 0 Å². The summed E-state index contributed by atoms with van der Waals surface area (Å²) < 4.78 is 38.8. The summed E-state index contributed by atoms with van der Waals surface area (Å²) in [6.07, 6.45) is -1.35. The van der Waals surface area contributed by atoms with Crippen LogP contribution >= 0.6 is 0 Å². The number of hydrogen-bond acceptors (Lipinski definition) is 2. The molecule has 2 N–H and O–H groups in total. The predicted octanol–water partition coefficient (Wildman–Crippen LogP) is 3.66. The Morgan fingerprint density at radius 3 is 2.35 bits per heavy atom. The molecule has 1 aromatic carbocycles. The highest BCUT2D eigenvalue weighted by atomic mass is 19.4. The third-order valence-corrected chi connectivity index (χ3v) is 3.01. The van der Waals surface area contributed by atoms with E-state index in [1.54, 1.807) is 12.1 Å². The smallest absolute Gasteiger partial charge is 0.330 e. The average molecular weight is 280 g/mol. The lowest BCUT2D eigenvalue weighted by Gasteiger charge is -2.12.